The largest absolute Gasteiger partial charge is 0.391 e. The SMILES string of the molecule is CC(=O)N1CC(O)CC1c1nc(-c2csc(CO)c2)c2cnc3[nH]ccc3n12. The number of likely N-dealkylation sites (tertiary alicyclic amines) is 1. The third kappa shape index (κ3) is 2.55. The van der Waals surface area contributed by atoms with Crippen molar-refractivity contribution in [2.24, 2.45) is 0 Å². The molecule has 4 aromatic heterocycles. The number of β-amino-alcohol motifs (C(OH)–C–C–N with tert-alkyl or cyclic N) is 1. The zero-order chi connectivity index (χ0) is 19.4. The molecule has 5 rings (SSSR count). The summed E-state index contributed by atoms with van der Waals surface area (Å²) in [6, 6.07) is 3.54. The van der Waals surface area contributed by atoms with Crippen molar-refractivity contribution in [2.45, 2.75) is 32.1 Å². The topological polar surface area (TPSA) is 107 Å². The van der Waals surface area contributed by atoms with Crippen LogP contribution in [0.15, 0.2) is 29.9 Å². The average Bonchev–Trinajstić information content (AvgIpc) is 3.44. The van der Waals surface area contributed by atoms with Crippen LogP contribution in [-0.2, 0) is 11.4 Å². The van der Waals surface area contributed by atoms with Crippen molar-refractivity contribution < 1.29 is 15.0 Å². The van der Waals surface area contributed by atoms with E-state index in [1.54, 1.807) is 11.1 Å². The Bertz CT molecular complexity index is 1190. The van der Waals surface area contributed by atoms with Gasteiger partial charge in [0, 0.05) is 41.9 Å². The lowest BCUT2D eigenvalue weighted by molar-refractivity contribution is -0.130. The lowest BCUT2D eigenvalue weighted by Gasteiger charge is -2.22. The number of thiophene rings is 1. The predicted octanol–water partition coefficient (Wildman–Crippen LogP) is 2.09. The molecule has 8 nitrogen and oxygen atoms in total. The van der Waals surface area contributed by atoms with Crippen LogP contribution in [0.25, 0.3) is 27.9 Å². The van der Waals surface area contributed by atoms with Gasteiger partial charge in [-0.2, -0.15) is 0 Å². The smallest absolute Gasteiger partial charge is 0.220 e. The Morgan fingerprint density at radius 2 is 2.29 bits per heavy atom. The van der Waals surface area contributed by atoms with Crippen molar-refractivity contribution in [3.05, 3.63) is 40.6 Å². The molecule has 2 atom stereocenters. The highest BCUT2D eigenvalue weighted by Gasteiger charge is 2.37. The zero-order valence-electron chi connectivity index (χ0n) is 15.2. The maximum atomic E-state index is 12.2. The molecule has 1 aliphatic rings. The summed E-state index contributed by atoms with van der Waals surface area (Å²) in [6.07, 6.45) is 3.46. The molecule has 3 N–H and O–H groups in total. The van der Waals surface area contributed by atoms with E-state index in [4.69, 9.17) is 4.98 Å². The molecule has 1 amide bonds. The van der Waals surface area contributed by atoms with Crippen molar-refractivity contribution in [3.8, 4) is 11.3 Å². The number of aliphatic hydroxyl groups excluding tert-OH is 2. The van der Waals surface area contributed by atoms with Gasteiger partial charge in [0.1, 0.15) is 5.82 Å². The summed E-state index contributed by atoms with van der Waals surface area (Å²) in [7, 11) is 0. The highest BCUT2D eigenvalue weighted by molar-refractivity contribution is 7.10. The molecule has 0 saturated carbocycles. The second-order valence-corrected chi connectivity index (χ2v) is 8.04. The lowest BCUT2D eigenvalue weighted by Crippen LogP contribution is -2.30. The summed E-state index contributed by atoms with van der Waals surface area (Å²) >= 11 is 1.48. The van der Waals surface area contributed by atoms with Crippen molar-refractivity contribution in [1.82, 2.24) is 24.3 Å². The molecule has 1 saturated heterocycles. The minimum absolute atomic E-state index is 0.0173. The molecule has 9 heteroatoms. The molecule has 4 aromatic rings. The molecule has 0 aromatic carbocycles. The van der Waals surface area contributed by atoms with E-state index in [9.17, 15) is 15.0 Å². The van der Waals surface area contributed by atoms with Gasteiger partial charge in [-0.1, -0.05) is 0 Å². The molecule has 1 fully saturated rings. The van der Waals surface area contributed by atoms with E-state index in [-0.39, 0.29) is 18.6 Å². The number of rotatable bonds is 3. The molecule has 0 bridgehead atoms. The zero-order valence-corrected chi connectivity index (χ0v) is 16.0. The van der Waals surface area contributed by atoms with E-state index in [0.29, 0.717) is 18.8 Å². The second-order valence-electron chi connectivity index (χ2n) is 7.05. The van der Waals surface area contributed by atoms with Gasteiger partial charge in [-0.05, 0) is 12.1 Å². The maximum absolute atomic E-state index is 12.2. The number of carbonyl (C=O) groups is 1. The first-order chi connectivity index (χ1) is 13.6. The fraction of sp³-hybridized carbons (Fsp3) is 0.316. The number of hydrogen-bond acceptors (Lipinski definition) is 6. The monoisotopic (exact) mass is 397 g/mol. The average molecular weight is 397 g/mol. The molecule has 28 heavy (non-hydrogen) atoms. The molecule has 0 spiro atoms. The summed E-state index contributed by atoms with van der Waals surface area (Å²) in [6.45, 7) is 1.80. The Morgan fingerprint density at radius 3 is 3.04 bits per heavy atom. The Morgan fingerprint density at radius 1 is 1.43 bits per heavy atom. The van der Waals surface area contributed by atoms with Crippen molar-refractivity contribution in [3.63, 3.8) is 0 Å². The summed E-state index contributed by atoms with van der Waals surface area (Å²) in [4.78, 5) is 27.2. The Balaban J connectivity index is 1.78. The highest BCUT2D eigenvalue weighted by atomic mass is 32.1. The Kier molecular flexibility index (Phi) is 3.97. The summed E-state index contributed by atoms with van der Waals surface area (Å²) in [5.41, 5.74) is 4.09. The highest BCUT2D eigenvalue weighted by Crippen LogP contribution is 2.37. The molecule has 0 radical (unpaired) electrons. The minimum Gasteiger partial charge on any atom is -0.391 e. The number of carbonyl (C=O) groups excluding carboxylic acids is 1. The number of aromatic amines is 1. The molecule has 0 aliphatic carbocycles. The summed E-state index contributed by atoms with van der Waals surface area (Å²) in [5.74, 6) is 0.623. The van der Waals surface area contributed by atoms with Crippen molar-refractivity contribution in [2.75, 3.05) is 6.54 Å². The van der Waals surface area contributed by atoms with E-state index >= 15 is 0 Å². The predicted molar refractivity (Wildman–Crippen MR) is 105 cm³/mol. The number of aliphatic hydroxyl groups is 2. The fourth-order valence-corrected chi connectivity index (χ4v) is 4.74. The van der Waals surface area contributed by atoms with Gasteiger partial charge in [0.2, 0.25) is 5.91 Å². The standard InChI is InChI=1S/C19H19N5O3S/c1-10(26)23-7-12(27)5-15(23)19-22-17(11-4-13(8-25)28-9-11)16-6-21-18-14(24(16)19)2-3-20-18/h2-4,6,9,12,15,20,25,27H,5,7-8H2,1H3. The van der Waals surface area contributed by atoms with Gasteiger partial charge >= 0.3 is 0 Å². The molecular weight excluding hydrogens is 378 g/mol. The first kappa shape index (κ1) is 17.4. The lowest BCUT2D eigenvalue weighted by atomic mass is 10.2. The van der Waals surface area contributed by atoms with E-state index < -0.39 is 6.10 Å². The number of nitrogens with zero attached hydrogens (tertiary/aromatic N) is 4. The van der Waals surface area contributed by atoms with Gasteiger partial charge in [-0.3, -0.25) is 9.20 Å². The number of aromatic nitrogens is 4. The molecule has 144 valence electrons. The van der Waals surface area contributed by atoms with Gasteiger partial charge in [0.15, 0.2) is 5.65 Å². The molecule has 2 unspecified atom stereocenters. The summed E-state index contributed by atoms with van der Waals surface area (Å²) in [5, 5.41) is 21.6. The van der Waals surface area contributed by atoms with Crippen LogP contribution in [0.4, 0.5) is 0 Å². The van der Waals surface area contributed by atoms with Gasteiger partial charge < -0.3 is 20.1 Å². The van der Waals surface area contributed by atoms with Crippen LogP contribution in [0.5, 0.6) is 0 Å². The fourth-order valence-electron chi connectivity index (χ4n) is 4.02. The van der Waals surface area contributed by atoms with Gasteiger partial charge in [0.25, 0.3) is 0 Å². The van der Waals surface area contributed by atoms with E-state index in [0.717, 1.165) is 32.8 Å². The van der Waals surface area contributed by atoms with Crippen LogP contribution in [0.3, 0.4) is 0 Å². The quantitative estimate of drug-likeness (QED) is 0.491. The maximum Gasteiger partial charge on any atom is 0.220 e. The van der Waals surface area contributed by atoms with Crippen LogP contribution in [0.2, 0.25) is 0 Å². The minimum atomic E-state index is -0.574. The van der Waals surface area contributed by atoms with Crippen LogP contribution >= 0.6 is 11.3 Å². The van der Waals surface area contributed by atoms with Gasteiger partial charge in [-0.25, -0.2) is 9.97 Å². The number of fused-ring (bicyclic) bond motifs is 3. The Hall–Kier alpha value is -2.75. The Labute approximate surface area is 164 Å². The normalized spacial score (nSPS) is 19.9. The van der Waals surface area contributed by atoms with Gasteiger partial charge in [-0.15, -0.1) is 11.3 Å². The number of nitrogens with one attached hydrogen (secondary N) is 1. The third-order valence-corrected chi connectivity index (χ3v) is 6.19. The number of H-pyrrole nitrogens is 1. The van der Waals surface area contributed by atoms with Crippen LogP contribution in [0.1, 0.15) is 30.1 Å². The number of amides is 1. The van der Waals surface area contributed by atoms with Crippen LogP contribution < -0.4 is 0 Å². The molecule has 1 aliphatic heterocycles. The molecular formula is C19H19N5O3S. The van der Waals surface area contributed by atoms with E-state index in [1.165, 1.54) is 18.3 Å². The first-order valence-electron chi connectivity index (χ1n) is 9.05. The first-order valence-corrected chi connectivity index (χ1v) is 9.93. The van der Waals surface area contributed by atoms with Gasteiger partial charge in [0.05, 0.1) is 41.7 Å². The number of imidazole rings is 1. The third-order valence-electron chi connectivity index (χ3n) is 5.26. The van der Waals surface area contributed by atoms with Crippen LogP contribution in [-0.4, -0.2) is 53.0 Å². The van der Waals surface area contributed by atoms with Crippen molar-refractivity contribution >= 4 is 33.9 Å². The van der Waals surface area contributed by atoms with E-state index in [2.05, 4.69) is 9.97 Å². The number of hydrogen-bond donors (Lipinski definition) is 3. The van der Waals surface area contributed by atoms with Crippen molar-refractivity contribution in [1.29, 1.82) is 0 Å². The van der Waals surface area contributed by atoms with Crippen LogP contribution in [0, 0.1) is 0 Å². The molecule has 5 heterocycles. The summed E-state index contributed by atoms with van der Waals surface area (Å²) < 4.78 is 2.02. The van der Waals surface area contributed by atoms with E-state index in [1.807, 2.05) is 28.1 Å². The second kappa shape index (κ2) is 6.40.